The topological polar surface area (TPSA) is 60.7 Å². The number of rotatable bonds is 17. The lowest BCUT2D eigenvalue weighted by atomic mass is 10.1. The van der Waals surface area contributed by atoms with E-state index in [1.165, 1.54) is 36.8 Å². The number of pyridine rings is 1. The number of fused-ring (bicyclic) bond motifs is 1. The number of hydrogen-bond donors (Lipinski definition) is 1. The van der Waals surface area contributed by atoms with Crippen molar-refractivity contribution >= 4 is 10.9 Å². The fourth-order valence-corrected chi connectivity index (χ4v) is 4.17. The maximum absolute atomic E-state index is 13.4. The van der Waals surface area contributed by atoms with Gasteiger partial charge in [-0.05, 0) is 64.7 Å². The highest BCUT2D eigenvalue weighted by Gasteiger charge is 2.18. The van der Waals surface area contributed by atoms with Crippen molar-refractivity contribution in [2.45, 2.75) is 105 Å². The van der Waals surface area contributed by atoms with Gasteiger partial charge in [0.05, 0.1) is 12.1 Å². The Kier molecular flexibility index (Phi) is 13.2. The molecule has 0 aliphatic heterocycles. The molecule has 0 unspecified atom stereocenters. The van der Waals surface area contributed by atoms with Crippen LogP contribution in [0.3, 0.4) is 0 Å². The van der Waals surface area contributed by atoms with Crippen molar-refractivity contribution in [1.29, 1.82) is 0 Å². The first-order chi connectivity index (χ1) is 17.4. The van der Waals surface area contributed by atoms with Crippen LogP contribution in [-0.4, -0.2) is 22.9 Å². The Hall–Kier alpha value is -2.69. The molecule has 200 valence electrons. The van der Waals surface area contributed by atoms with Gasteiger partial charge in [-0.3, -0.25) is 4.79 Å². The monoisotopic (exact) mass is 497 g/mol. The smallest absolute Gasteiger partial charge is 0.297 e. The van der Waals surface area contributed by atoms with Crippen LogP contribution in [0.2, 0.25) is 0 Å². The van der Waals surface area contributed by atoms with E-state index >= 15 is 0 Å². The SMILES string of the molecule is CCCCCCCCn1c(=O)c(OCCCC)c(O)c2ccc(OC/C=C(\C)CCC=C(C)C)cc21. The summed E-state index contributed by atoms with van der Waals surface area (Å²) in [6.45, 7) is 12.1. The van der Waals surface area contributed by atoms with Gasteiger partial charge in [-0.1, -0.05) is 69.6 Å². The summed E-state index contributed by atoms with van der Waals surface area (Å²) in [6.07, 6.45) is 15.1. The molecule has 0 saturated heterocycles. The Morgan fingerprint density at radius 2 is 1.67 bits per heavy atom. The van der Waals surface area contributed by atoms with Crippen LogP contribution in [0, 0.1) is 0 Å². The molecular formula is C31H47NO4. The van der Waals surface area contributed by atoms with E-state index < -0.39 is 0 Å². The Morgan fingerprint density at radius 3 is 2.39 bits per heavy atom. The molecule has 0 spiro atoms. The number of unbranched alkanes of at least 4 members (excludes halogenated alkanes) is 6. The lowest BCUT2D eigenvalue weighted by Gasteiger charge is -2.16. The highest BCUT2D eigenvalue weighted by molar-refractivity contribution is 5.88. The molecule has 1 N–H and O–H groups in total. The van der Waals surface area contributed by atoms with Crippen molar-refractivity contribution in [3.8, 4) is 17.2 Å². The maximum Gasteiger partial charge on any atom is 0.297 e. The van der Waals surface area contributed by atoms with Gasteiger partial charge in [0, 0.05) is 18.0 Å². The van der Waals surface area contributed by atoms with Gasteiger partial charge in [0.15, 0.2) is 5.75 Å². The van der Waals surface area contributed by atoms with Crippen LogP contribution < -0.4 is 15.0 Å². The molecule has 0 aliphatic rings. The number of aromatic nitrogens is 1. The lowest BCUT2D eigenvalue weighted by Crippen LogP contribution is -2.23. The van der Waals surface area contributed by atoms with Gasteiger partial charge in [-0.2, -0.15) is 0 Å². The minimum absolute atomic E-state index is 0.0607. The van der Waals surface area contributed by atoms with Gasteiger partial charge in [0.25, 0.3) is 5.56 Å². The molecule has 0 amide bonds. The van der Waals surface area contributed by atoms with E-state index in [1.807, 2.05) is 18.2 Å². The lowest BCUT2D eigenvalue weighted by molar-refractivity contribution is 0.287. The van der Waals surface area contributed by atoms with Crippen molar-refractivity contribution in [2.75, 3.05) is 13.2 Å². The third-order valence-electron chi connectivity index (χ3n) is 6.42. The van der Waals surface area contributed by atoms with Gasteiger partial charge in [-0.15, -0.1) is 0 Å². The van der Waals surface area contributed by atoms with Gasteiger partial charge in [-0.25, -0.2) is 0 Å². The van der Waals surface area contributed by atoms with Gasteiger partial charge >= 0.3 is 0 Å². The summed E-state index contributed by atoms with van der Waals surface area (Å²) in [5.41, 5.74) is 3.05. The number of benzene rings is 1. The summed E-state index contributed by atoms with van der Waals surface area (Å²) in [4.78, 5) is 13.4. The molecule has 1 heterocycles. The molecule has 5 nitrogen and oxygen atoms in total. The van der Waals surface area contributed by atoms with E-state index in [9.17, 15) is 9.90 Å². The second-order valence-corrected chi connectivity index (χ2v) is 9.96. The van der Waals surface area contributed by atoms with Gasteiger partial charge < -0.3 is 19.1 Å². The molecule has 2 aromatic rings. The number of aromatic hydroxyl groups is 1. The minimum Gasteiger partial charge on any atom is -0.504 e. The van der Waals surface area contributed by atoms with Gasteiger partial charge in [0.1, 0.15) is 12.4 Å². The number of hydrogen-bond acceptors (Lipinski definition) is 4. The van der Waals surface area contributed by atoms with Gasteiger partial charge in [0.2, 0.25) is 5.75 Å². The Labute approximate surface area is 217 Å². The highest BCUT2D eigenvalue weighted by Crippen LogP contribution is 2.34. The fraction of sp³-hybridized carbons (Fsp3) is 0.581. The molecule has 0 atom stereocenters. The molecule has 36 heavy (non-hydrogen) atoms. The Morgan fingerprint density at radius 1 is 0.944 bits per heavy atom. The minimum atomic E-state index is -0.267. The summed E-state index contributed by atoms with van der Waals surface area (Å²) in [6, 6.07) is 5.55. The molecule has 0 saturated carbocycles. The van der Waals surface area contributed by atoms with Crippen LogP contribution in [-0.2, 0) is 6.54 Å². The number of nitrogens with zero attached hydrogens (tertiary/aromatic N) is 1. The zero-order valence-electron chi connectivity index (χ0n) is 23.2. The predicted molar refractivity (Wildman–Crippen MR) is 152 cm³/mol. The maximum atomic E-state index is 13.4. The normalized spacial score (nSPS) is 11.6. The van der Waals surface area contributed by atoms with Crippen molar-refractivity contribution in [3.63, 3.8) is 0 Å². The second-order valence-electron chi connectivity index (χ2n) is 9.96. The average Bonchev–Trinajstić information content (AvgIpc) is 2.85. The summed E-state index contributed by atoms with van der Waals surface area (Å²) in [7, 11) is 0. The summed E-state index contributed by atoms with van der Waals surface area (Å²) in [5, 5.41) is 11.5. The molecule has 0 fully saturated rings. The van der Waals surface area contributed by atoms with Crippen LogP contribution in [0.1, 0.15) is 98.8 Å². The van der Waals surface area contributed by atoms with E-state index in [4.69, 9.17) is 9.47 Å². The van der Waals surface area contributed by atoms with E-state index in [-0.39, 0.29) is 17.1 Å². The van der Waals surface area contributed by atoms with Crippen LogP contribution in [0.4, 0.5) is 0 Å². The molecule has 5 heteroatoms. The fourth-order valence-electron chi connectivity index (χ4n) is 4.17. The number of allylic oxidation sites excluding steroid dienone is 3. The first kappa shape index (κ1) is 29.5. The molecule has 0 aliphatic carbocycles. The highest BCUT2D eigenvalue weighted by atomic mass is 16.5. The van der Waals surface area contributed by atoms with E-state index in [0.29, 0.717) is 36.4 Å². The molecule has 0 bridgehead atoms. The zero-order chi connectivity index (χ0) is 26.3. The first-order valence-corrected chi connectivity index (χ1v) is 13.8. The zero-order valence-corrected chi connectivity index (χ0v) is 23.2. The van der Waals surface area contributed by atoms with E-state index in [0.717, 1.165) is 38.5 Å². The molecule has 0 radical (unpaired) electrons. The van der Waals surface area contributed by atoms with Crippen LogP contribution in [0.15, 0.2) is 46.3 Å². The first-order valence-electron chi connectivity index (χ1n) is 13.8. The Bertz CT molecular complexity index is 1060. The third kappa shape index (κ3) is 9.40. The molecular weight excluding hydrogens is 450 g/mol. The van der Waals surface area contributed by atoms with Crippen LogP contribution >= 0.6 is 0 Å². The van der Waals surface area contributed by atoms with E-state index in [2.05, 4.69) is 46.8 Å². The predicted octanol–water partition coefficient (Wildman–Crippen LogP) is 8.32. The van der Waals surface area contributed by atoms with Crippen molar-refractivity contribution in [2.24, 2.45) is 0 Å². The standard InChI is InChI=1S/C31H47NO4/c1-6-8-10-11-12-13-20-32-28-23-26(35-22-19-25(5)16-14-15-24(3)4)17-18-27(28)29(33)30(31(32)34)36-21-9-7-2/h15,17-19,23,33H,6-14,16,20-22H2,1-5H3/b25-19+. The summed E-state index contributed by atoms with van der Waals surface area (Å²) in [5.74, 6) is 0.670. The van der Waals surface area contributed by atoms with Crippen LogP contribution in [0.5, 0.6) is 17.2 Å². The van der Waals surface area contributed by atoms with Crippen LogP contribution in [0.25, 0.3) is 10.9 Å². The van der Waals surface area contributed by atoms with Crippen molar-refractivity contribution in [3.05, 3.63) is 51.9 Å². The number of ether oxygens (including phenoxy) is 2. The van der Waals surface area contributed by atoms with Crippen molar-refractivity contribution < 1.29 is 14.6 Å². The quantitative estimate of drug-likeness (QED) is 0.176. The second kappa shape index (κ2) is 16.1. The Balaban J connectivity index is 2.24. The molecule has 1 aromatic carbocycles. The van der Waals surface area contributed by atoms with Crippen molar-refractivity contribution in [1.82, 2.24) is 4.57 Å². The summed E-state index contributed by atoms with van der Waals surface area (Å²) < 4.78 is 13.5. The largest absolute Gasteiger partial charge is 0.504 e. The summed E-state index contributed by atoms with van der Waals surface area (Å²) >= 11 is 0. The van der Waals surface area contributed by atoms with E-state index in [1.54, 1.807) is 4.57 Å². The molecule has 2 rings (SSSR count). The number of aryl methyl sites for hydroxylation is 1. The average molecular weight is 498 g/mol. The molecule has 1 aromatic heterocycles. The third-order valence-corrected chi connectivity index (χ3v) is 6.42.